The lowest BCUT2D eigenvalue weighted by molar-refractivity contribution is -0.151. The van der Waals surface area contributed by atoms with Crippen molar-refractivity contribution in [3.05, 3.63) is 30.3 Å². The Labute approximate surface area is 154 Å². The van der Waals surface area contributed by atoms with Crippen molar-refractivity contribution in [3.63, 3.8) is 0 Å². The van der Waals surface area contributed by atoms with Crippen LogP contribution < -0.4 is 5.32 Å². The van der Waals surface area contributed by atoms with Gasteiger partial charge in [0, 0.05) is 13.1 Å². The van der Waals surface area contributed by atoms with Crippen LogP contribution in [0.3, 0.4) is 0 Å². The van der Waals surface area contributed by atoms with E-state index in [1.54, 1.807) is 44.2 Å². The molecular formula is C18H26N2O5S. The molecule has 1 aliphatic heterocycles. The van der Waals surface area contributed by atoms with Crippen molar-refractivity contribution in [2.24, 2.45) is 5.92 Å². The highest BCUT2D eigenvalue weighted by atomic mass is 32.2. The lowest BCUT2D eigenvalue weighted by atomic mass is 9.94. The molecule has 1 heterocycles. The highest BCUT2D eigenvalue weighted by Gasteiger charge is 2.38. The van der Waals surface area contributed by atoms with E-state index in [9.17, 15) is 18.0 Å². The summed E-state index contributed by atoms with van der Waals surface area (Å²) in [6, 6.07) is 8.19. The van der Waals surface area contributed by atoms with Gasteiger partial charge >= 0.3 is 5.97 Å². The monoisotopic (exact) mass is 382 g/mol. The topological polar surface area (TPSA) is 92.8 Å². The third-order valence-corrected chi connectivity index (χ3v) is 6.76. The summed E-state index contributed by atoms with van der Waals surface area (Å²) in [5.41, 5.74) is -1.12. The molecule has 1 saturated heterocycles. The SMILES string of the molecule is CCC(C)(NC(=O)C1CCCN(S(=O)(=O)c2ccccc2)C1)C(=O)OC. The van der Waals surface area contributed by atoms with Crippen molar-refractivity contribution in [1.82, 2.24) is 9.62 Å². The number of ether oxygens (including phenoxy) is 1. The molecule has 1 aliphatic rings. The van der Waals surface area contributed by atoms with E-state index in [1.807, 2.05) is 0 Å². The van der Waals surface area contributed by atoms with Gasteiger partial charge in [-0.15, -0.1) is 0 Å². The minimum Gasteiger partial charge on any atom is -0.467 e. The molecule has 1 aromatic carbocycles. The number of nitrogens with zero attached hydrogens (tertiary/aromatic N) is 1. The number of rotatable bonds is 6. The molecule has 1 N–H and O–H groups in total. The Balaban J connectivity index is 2.13. The van der Waals surface area contributed by atoms with E-state index in [2.05, 4.69) is 5.32 Å². The Morgan fingerprint density at radius 1 is 1.31 bits per heavy atom. The standard InChI is InChI=1S/C18H26N2O5S/c1-4-18(2,17(22)25-3)19-16(21)14-9-8-12-20(13-14)26(23,24)15-10-6-5-7-11-15/h5-7,10-11,14H,4,8-9,12-13H2,1-3H3,(H,19,21). The molecule has 0 aromatic heterocycles. The highest BCUT2D eigenvalue weighted by Crippen LogP contribution is 2.24. The number of benzene rings is 1. The second-order valence-electron chi connectivity index (χ2n) is 6.68. The summed E-state index contributed by atoms with van der Waals surface area (Å²) in [5, 5.41) is 2.74. The minimum atomic E-state index is -3.64. The molecule has 8 heteroatoms. The van der Waals surface area contributed by atoms with Gasteiger partial charge in [-0.3, -0.25) is 4.79 Å². The largest absolute Gasteiger partial charge is 0.467 e. The Kier molecular flexibility index (Phi) is 6.41. The summed E-state index contributed by atoms with van der Waals surface area (Å²) in [6.07, 6.45) is 1.54. The molecule has 0 radical (unpaired) electrons. The number of carbonyl (C=O) groups is 2. The number of sulfonamides is 1. The third kappa shape index (κ3) is 4.24. The normalized spacial score (nSPS) is 20.8. The van der Waals surface area contributed by atoms with Gasteiger partial charge in [-0.2, -0.15) is 4.31 Å². The zero-order valence-corrected chi connectivity index (χ0v) is 16.2. The van der Waals surface area contributed by atoms with Gasteiger partial charge in [0.05, 0.1) is 17.9 Å². The van der Waals surface area contributed by atoms with Gasteiger partial charge in [0.25, 0.3) is 0 Å². The molecule has 0 aliphatic carbocycles. The smallest absolute Gasteiger partial charge is 0.331 e. The van der Waals surface area contributed by atoms with Crippen LogP contribution in [-0.4, -0.2) is 50.3 Å². The van der Waals surface area contributed by atoms with Crippen molar-refractivity contribution in [2.45, 2.75) is 43.5 Å². The average molecular weight is 382 g/mol. The molecule has 1 amide bonds. The Bertz CT molecular complexity index is 750. The van der Waals surface area contributed by atoms with Crippen molar-refractivity contribution in [3.8, 4) is 0 Å². The fraction of sp³-hybridized carbons (Fsp3) is 0.556. The van der Waals surface area contributed by atoms with Gasteiger partial charge in [-0.25, -0.2) is 13.2 Å². The number of amides is 1. The van der Waals surface area contributed by atoms with E-state index in [0.717, 1.165) is 0 Å². The van der Waals surface area contributed by atoms with Crippen molar-refractivity contribution < 1.29 is 22.7 Å². The molecule has 7 nitrogen and oxygen atoms in total. The highest BCUT2D eigenvalue weighted by molar-refractivity contribution is 7.89. The second kappa shape index (κ2) is 8.18. The number of hydrogen-bond acceptors (Lipinski definition) is 5. The predicted molar refractivity (Wildman–Crippen MR) is 96.8 cm³/mol. The van der Waals surface area contributed by atoms with E-state index < -0.39 is 27.4 Å². The molecule has 2 atom stereocenters. The number of carbonyl (C=O) groups excluding carboxylic acids is 2. The van der Waals surface area contributed by atoms with Crippen LogP contribution in [-0.2, 0) is 24.3 Å². The summed E-state index contributed by atoms with van der Waals surface area (Å²) in [5.74, 6) is -1.34. The first-order valence-electron chi connectivity index (χ1n) is 8.70. The van der Waals surface area contributed by atoms with Gasteiger partial charge in [0.2, 0.25) is 15.9 Å². The van der Waals surface area contributed by atoms with Crippen molar-refractivity contribution in [2.75, 3.05) is 20.2 Å². The average Bonchev–Trinajstić information content (AvgIpc) is 2.67. The molecule has 2 rings (SSSR count). The maximum Gasteiger partial charge on any atom is 0.331 e. The summed E-state index contributed by atoms with van der Waals surface area (Å²) in [6.45, 7) is 3.87. The van der Waals surface area contributed by atoms with Crippen LogP contribution >= 0.6 is 0 Å². The van der Waals surface area contributed by atoms with E-state index >= 15 is 0 Å². The molecule has 0 saturated carbocycles. The van der Waals surface area contributed by atoms with Gasteiger partial charge < -0.3 is 10.1 Å². The van der Waals surface area contributed by atoms with Crippen LogP contribution in [0.25, 0.3) is 0 Å². The molecule has 1 aromatic rings. The van der Waals surface area contributed by atoms with E-state index in [-0.39, 0.29) is 17.3 Å². The van der Waals surface area contributed by atoms with Gasteiger partial charge in [0.15, 0.2) is 0 Å². The number of hydrogen-bond donors (Lipinski definition) is 1. The zero-order chi connectivity index (χ0) is 19.4. The molecule has 1 fully saturated rings. The summed E-state index contributed by atoms with van der Waals surface area (Å²) >= 11 is 0. The molecular weight excluding hydrogens is 356 g/mol. The van der Waals surface area contributed by atoms with Crippen molar-refractivity contribution >= 4 is 21.9 Å². The fourth-order valence-corrected chi connectivity index (χ4v) is 4.54. The fourth-order valence-electron chi connectivity index (χ4n) is 3.00. The van der Waals surface area contributed by atoms with Gasteiger partial charge in [0.1, 0.15) is 5.54 Å². The lowest BCUT2D eigenvalue weighted by Gasteiger charge is -2.34. The Morgan fingerprint density at radius 3 is 2.54 bits per heavy atom. The maximum absolute atomic E-state index is 12.8. The van der Waals surface area contributed by atoms with Gasteiger partial charge in [-0.1, -0.05) is 25.1 Å². The van der Waals surface area contributed by atoms with E-state index in [0.29, 0.717) is 25.8 Å². The molecule has 26 heavy (non-hydrogen) atoms. The van der Waals surface area contributed by atoms with Crippen LogP contribution in [0.15, 0.2) is 35.2 Å². The Morgan fingerprint density at radius 2 is 1.96 bits per heavy atom. The first kappa shape index (κ1) is 20.4. The number of piperidine rings is 1. The lowest BCUT2D eigenvalue weighted by Crippen LogP contribution is -2.56. The molecule has 2 unspecified atom stereocenters. The Hall–Kier alpha value is -1.93. The maximum atomic E-state index is 12.8. The van der Waals surface area contributed by atoms with Gasteiger partial charge in [-0.05, 0) is 38.3 Å². The first-order chi connectivity index (χ1) is 12.2. The number of esters is 1. The summed E-state index contributed by atoms with van der Waals surface area (Å²) in [4.78, 5) is 24.8. The van der Waals surface area contributed by atoms with Crippen LogP contribution in [0, 0.1) is 5.92 Å². The number of methoxy groups -OCH3 is 1. The minimum absolute atomic E-state index is 0.101. The summed E-state index contributed by atoms with van der Waals surface area (Å²) in [7, 11) is -2.36. The van der Waals surface area contributed by atoms with E-state index in [1.165, 1.54) is 11.4 Å². The molecule has 0 bridgehead atoms. The van der Waals surface area contributed by atoms with Crippen LogP contribution in [0.4, 0.5) is 0 Å². The predicted octanol–water partition coefficient (Wildman–Crippen LogP) is 1.55. The van der Waals surface area contributed by atoms with Crippen molar-refractivity contribution in [1.29, 1.82) is 0 Å². The second-order valence-corrected chi connectivity index (χ2v) is 8.62. The van der Waals surface area contributed by atoms with Crippen LogP contribution in [0.2, 0.25) is 0 Å². The first-order valence-corrected chi connectivity index (χ1v) is 10.1. The van der Waals surface area contributed by atoms with E-state index in [4.69, 9.17) is 4.74 Å². The third-order valence-electron chi connectivity index (χ3n) is 4.88. The molecule has 144 valence electrons. The summed E-state index contributed by atoms with van der Waals surface area (Å²) < 4.78 is 31.7. The quantitative estimate of drug-likeness (QED) is 0.754. The van der Waals surface area contributed by atoms with Crippen LogP contribution in [0.1, 0.15) is 33.1 Å². The number of nitrogens with one attached hydrogen (secondary N) is 1. The van der Waals surface area contributed by atoms with Crippen LogP contribution in [0.5, 0.6) is 0 Å². The zero-order valence-electron chi connectivity index (χ0n) is 15.4. The molecule has 0 spiro atoms.